The Labute approximate surface area is 133 Å². The van der Waals surface area contributed by atoms with Gasteiger partial charge in [-0.3, -0.25) is 0 Å². The van der Waals surface area contributed by atoms with Gasteiger partial charge in [-0.05, 0) is 0 Å². The first-order valence-corrected chi connectivity index (χ1v) is 6.41. The summed E-state index contributed by atoms with van der Waals surface area (Å²) in [6, 6.07) is 0. The summed E-state index contributed by atoms with van der Waals surface area (Å²) in [5.41, 5.74) is 0. The van der Waals surface area contributed by atoms with E-state index in [0.29, 0.717) is 0 Å². The van der Waals surface area contributed by atoms with E-state index in [1.807, 2.05) is 0 Å². The maximum absolute atomic E-state index is 11.0. The number of hydrogen-bond acceptors (Lipinski definition) is 4. The van der Waals surface area contributed by atoms with Crippen molar-refractivity contribution in [1.82, 2.24) is 0 Å². The Morgan fingerprint density at radius 1 is 0.778 bits per heavy atom. The van der Waals surface area contributed by atoms with Crippen LogP contribution in [-0.4, -0.2) is 32.7 Å². The molecule has 0 fully saturated rings. The molecule has 0 amide bonds. The van der Waals surface area contributed by atoms with Gasteiger partial charge in [-0.15, -0.1) is 0 Å². The van der Waals surface area contributed by atoms with Crippen molar-refractivity contribution in [2.75, 3.05) is 13.2 Å². The minimum Gasteiger partial charge on any atom is -0.458 e. The van der Waals surface area contributed by atoms with Gasteiger partial charge in [0.15, 0.2) is 0 Å². The van der Waals surface area contributed by atoms with Crippen LogP contribution in [0.2, 0.25) is 0 Å². The molecule has 0 bridgehead atoms. The molecular formula is C8H6Cl6O4. The number of carbonyl (C=O) groups excluding carboxylic acids is 2. The van der Waals surface area contributed by atoms with Crippen LogP contribution < -0.4 is 0 Å². The van der Waals surface area contributed by atoms with Gasteiger partial charge in [-0.2, -0.15) is 0 Å². The zero-order chi connectivity index (χ0) is 14.4. The Morgan fingerprint density at radius 3 is 1.28 bits per heavy atom. The minimum absolute atomic E-state index is 0.454. The fourth-order valence-corrected chi connectivity index (χ4v) is 0.866. The van der Waals surface area contributed by atoms with Gasteiger partial charge in [0.05, 0.1) is 0 Å². The Balaban J connectivity index is 4.00. The molecule has 0 aromatic heterocycles. The molecule has 0 aromatic carbocycles. The summed E-state index contributed by atoms with van der Waals surface area (Å²) in [7, 11) is 0. The largest absolute Gasteiger partial charge is 0.458 e. The quantitative estimate of drug-likeness (QED) is 0.427. The van der Waals surface area contributed by atoms with E-state index >= 15 is 0 Å². The lowest BCUT2D eigenvalue weighted by atomic mass is 10.5. The highest BCUT2D eigenvalue weighted by atomic mass is 35.6. The van der Waals surface area contributed by atoms with Crippen LogP contribution in [0, 0.1) is 0 Å². The number of ether oxygens (including phenoxy) is 2. The van der Waals surface area contributed by atoms with Gasteiger partial charge in [-0.25, -0.2) is 9.59 Å². The summed E-state index contributed by atoms with van der Waals surface area (Å²) in [6.45, 7) is -0.909. The third-order valence-corrected chi connectivity index (χ3v) is 1.77. The van der Waals surface area contributed by atoms with Crippen molar-refractivity contribution in [2.24, 2.45) is 0 Å². The zero-order valence-corrected chi connectivity index (χ0v) is 13.0. The summed E-state index contributed by atoms with van der Waals surface area (Å²) >= 11 is 32.0. The van der Waals surface area contributed by atoms with Crippen molar-refractivity contribution in [1.29, 1.82) is 0 Å². The Morgan fingerprint density at radius 2 is 1.06 bits per heavy atom. The Bertz CT molecular complexity index is 297. The molecule has 0 saturated carbocycles. The van der Waals surface area contributed by atoms with Crippen LogP contribution >= 0.6 is 69.6 Å². The average molecular weight is 379 g/mol. The predicted molar refractivity (Wildman–Crippen MR) is 71.6 cm³/mol. The molecular weight excluding hydrogens is 373 g/mol. The molecule has 0 spiro atoms. The lowest BCUT2D eigenvalue weighted by molar-refractivity contribution is -0.140. The molecule has 0 rings (SSSR count). The van der Waals surface area contributed by atoms with Crippen LogP contribution in [-0.2, 0) is 19.1 Å². The van der Waals surface area contributed by atoms with E-state index in [1.165, 1.54) is 0 Å². The van der Waals surface area contributed by atoms with E-state index in [2.05, 4.69) is 9.47 Å². The van der Waals surface area contributed by atoms with E-state index in [9.17, 15) is 9.59 Å². The number of esters is 2. The third kappa shape index (κ3) is 12.9. The zero-order valence-electron chi connectivity index (χ0n) is 8.47. The molecule has 0 aliphatic heterocycles. The van der Waals surface area contributed by atoms with Gasteiger partial charge < -0.3 is 9.47 Å². The molecule has 0 aliphatic carbocycles. The van der Waals surface area contributed by atoms with E-state index in [0.717, 1.165) is 12.2 Å². The molecule has 0 radical (unpaired) electrons. The van der Waals surface area contributed by atoms with Gasteiger partial charge >= 0.3 is 11.9 Å². The van der Waals surface area contributed by atoms with Gasteiger partial charge in [0.25, 0.3) is 0 Å². The van der Waals surface area contributed by atoms with Crippen LogP contribution in [0.3, 0.4) is 0 Å². The second-order valence-electron chi connectivity index (χ2n) is 2.78. The number of carbonyl (C=O) groups is 2. The second kappa shape index (κ2) is 7.88. The fourth-order valence-electron chi connectivity index (χ4n) is 0.538. The average Bonchev–Trinajstić information content (AvgIpc) is 2.18. The predicted octanol–water partition coefficient (Wildman–Crippen LogP) is 3.37. The summed E-state index contributed by atoms with van der Waals surface area (Å²) in [4.78, 5) is 22.0. The Hall–Kier alpha value is 0.420. The standard InChI is InChI=1S/C8H6Cl6O4/c9-7(10,11)3-17-5(15)1-2-6(16)18-4-8(12,13)14/h1-2H,3-4H2. The third-order valence-electron chi connectivity index (χ3n) is 1.11. The van der Waals surface area contributed by atoms with Crippen LogP contribution in [0.25, 0.3) is 0 Å². The van der Waals surface area contributed by atoms with Crippen molar-refractivity contribution < 1.29 is 19.1 Å². The molecule has 0 aliphatic rings. The summed E-state index contributed by atoms with van der Waals surface area (Å²) in [5, 5.41) is 0. The maximum Gasteiger partial charge on any atom is 0.331 e. The first kappa shape index (κ1) is 18.4. The molecule has 0 aromatic rings. The van der Waals surface area contributed by atoms with Crippen molar-refractivity contribution in [3.8, 4) is 0 Å². The van der Waals surface area contributed by atoms with Crippen molar-refractivity contribution in [3.63, 3.8) is 0 Å². The number of halogens is 6. The SMILES string of the molecule is O=C(C=CC(=O)OCC(Cl)(Cl)Cl)OCC(Cl)(Cl)Cl. The summed E-state index contributed by atoms with van der Waals surface area (Å²) in [6.07, 6.45) is 1.58. The highest BCUT2D eigenvalue weighted by molar-refractivity contribution is 6.68. The van der Waals surface area contributed by atoms with Crippen molar-refractivity contribution in [2.45, 2.75) is 7.59 Å². The van der Waals surface area contributed by atoms with E-state index < -0.39 is 32.7 Å². The molecule has 104 valence electrons. The molecule has 0 saturated heterocycles. The topological polar surface area (TPSA) is 52.6 Å². The van der Waals surface area contributed by atoms with E-state index in [1.54, 1.807) is 0 Å². The van der Waals surface area contributed by atoms with Gasteiger partial charge in [0.1, 0.15) is 13.2 Å². The lowest BCUT2D eigenvalue weighted by Crippen LogP contribution is -2.17. The maximum atomic E-state index is 11.0. The van der Waals surface area contributed by atoms with Gasteiger partial charge in [0, 0.05) is 12.2 Å². The molecule has 0 N–H and O–H groups in total. The van der Waals surface area contributed by atoms with E-state index in [-0.39, 0.29) is 0 Å². The number of hydrogen-bond donors (Lipinski definition) is 0. The second-order valence-corrected chi connectivity index (χ2v) is 7.81. The van der Waals surface area contributed by atoms with Gasteiger partial charge in [0.2, 0.25) is 7.59 Å². The summed E-state index contributed by atoms with van der Waals surface area (Å²) < 4.78 is 5.54. The van der Waals surface area contributed by atoms with Crippen LogP contribution in [0.5, 0.6) is 0 Å². The molecule has 18 heavy (non-hydrogen) atoms. The monoisotopic (exact) mass is 376 g/mol. The first-order valence-electron chi connectivity index (χ1n) is 4.15. The molecule has 0 heterocycles. The molecule has 10 heteroatoms. The molecule has 0 unspecified atom stereocenters. The minimum atomic E-state index is -1.72. The van der Waals surface area contributed by atoms with Crippen LogP contribution in [0.4, 0.5) is 0 Å². The smallest absolute Gasteiger partial charge is 0.331 e. The normalized spacial score (nSPS) is 12.6. The lowest BCUT2D eigenvalue weighted by Gasteiger charge is -2.10. The van der Waals surface area contributed by atoms with E-state index in [4.69, 9.17) is 69.6 Å². The fraction of sp³-hybridized carbons (Fsp3) is 0.500. The van der Waals surface area contributed by atoms with Crippen molar-refractivity contribution in [3.05, 3.63) is 12.2 Å². The highest BCUT2D eigenvalue weighted by Gasteiger charge is 2.22. The first-order chi connectivity index (χ1) is 7.99. The summed E-state index contributed by atoms with van der Waals surface area (Å²) in [5.74, 6) is -1.76. The van der Waals surface area contributed by atoms with Crippen molar-refractivity contribution >= 4 is 81.5 Å². The highest BCUT2D eigenvalue weighted by Crippen LogP contribution is 2.26. The Kier molecular flexibility index (Phi) is 8.06. The molecule has 0 atom stereocenters. The van der Waals surface area contributed by atoms with Crippen LogP contribution in [0.1, 0.15) is 0 Å². The number of rotatable bonds is 4. The number of alkyl halides is 6. The van der Waals surface area contributed by atoms with Gasteiger partial charge in [-0.1, -0.05) is 69.6 Å². The molecule has 4 nitrogen and oxygen atoms in total. The van der Waals surface area contributed by atoms with Crippen LogP contribution in [0.15, 0.2) is 12.2 Å².